The highest BCUT2D eigenvalue weighted by Gasteiger charge is 2.52. The lowest BCUT2D eigenvalue weighted by atomic mass is 9.82. The van der Waals surface area contributed by atoms with Crippen molar-refractivity contribution in [2.75, 3.05) is 26.2 Å². The lowest BCUT2D eigenvalue weighted by Crippen LogP contribution is -2.53. The zero-order valence-corrected chi connectivity index (χ0v) is 18.6. The van der Waals surface area contributed by atoms with Gasteiger partial charge in [-0.1, -0.05) is 37.6 Å². The molecule has 0 spiro atoms. The molecule has 1 saturated heterocycles. The molecular formula is C23H30N2O5S. The number of piperazine rings is 1. The Labute approximate surface area is 183 Å². The second kappa shape index (κ2) is 8.74. The number of hydrogen-bond acceptors (Lipinski definition) is 4. The number of aliphatic carboxylic acids is 1. The SMILES string of the molecule is CCCCc1ccc(S(=O)(=O)N2CCN(C(=O)[C@@H]3[C@H](C(=O)O)[C@H]4C=C[C@H]3C4)CC2)cc1. The van der Waals surface area contributed by atoms with Crippen LogP contribution in [0.3, 0.4) is 0 Å². The number of nitrogens with zero attached hydrogens (tertiary/aromatic N) is 2. The number of carbonyl (C=O) groups is 2. The van der Waals surface area contributed by atoms with E-state index in [-0.39, 0.29) is 48.8 Å². The summed E-state index contributed by atoms with van der Waals surface area (Å²) in [6.45, 7) is 3.15. The Balaban J connectivity index is 1.39. The second-order valence-corrected chi connectivity index (χ2v) is 10.8. The average molecular weight is 447 g/mol. The van der Waals surface area contributed by atoms with E-state index in [9.17, 15) is 23.1 Å². The molecule has 0 aromatic heterocycles. The average Bonchev–Trinajstić information content (AvgIpc) is 3.39. The van der Waals surface area contributed by atoms with E-state index >= 15 is 0 Å². The minimum Gasteiger partial charge on any atom is -0.481 e. The summed E-state index contributed by atoms with van der Waals surface area (Å²) in [4.78, 5) is 26.8. The van der Waals surface area contributed by atoms with Crippen molar-refractivity contribution in [3.8, 4) is 0 Å². The van der Waals surface area contributed by atoms with Crippen molar-refractivity contribution in [2.24, 2.45) is 23.7 Å². The highest BCUT2D eigenvalue weighted by Crippen LogP contribution is 2.48. The summed E-state index contributed by atoms with van der Waals surface area (Å²) in [6.07, 6.45) is 7.71. The van der Waals surface area contributed by atoms with E-state index in [0.717, 1.165) is 31.2 Å². The second-order valence-electron chi connectivity index (χ2n) is 8.81. The summed E-state index contributed by atoms with van der Waals surface area (Å²) in [5.41, 5.74) is 1.13. The van der Waals surface area contributed by atoms with Crippen molar-refractivity contribution in [1.82, 2.24) is 9.21 Å². The molecule has 1 aliphatic heterocycles. The lowest BCUT2D eigenvalue weighted by Gasteiger charge is -2.37. The van der Waals surface area contributed by atoms with E-state index in [4.69, 9.17) is 0 Å². The Bertz CT molecular complexity index is 964. The molecule has 2 bridgehead atoms. The molecule has 0 radical (unpaired) electrons. The first-order valence-corrected chi connectivity index (χ1v) is 12.6. The molecule has 0 unspecified atom stereocenters. The lowest BCUT2D eigenvalue weighted by molar-refractivity contribution is -0.151. The third kappa shape index (κ3) is 4.15. The molecule has 1 saturated carbocycles. The molecule has 7 nitrogen and oxygen atoms in total. The molecule has 2 fully saturated rings. The normalized spacial score (nSPS) is 28.2. The van der Waals surface area contributed by atoms with E-state index in [2.05, 4.69) is 6.92 Å². The van der Waals surface area contributed by atoms with Crippen molar-refractivity contribution < 1.29 is 23.1 Å². The Morgan fingerprint density at radius 1 is 1.00 bits per heavy atom. The van der Waals surface area contributed by atoms with E-state index < -0.39 is 27.8 Å². The fraction of sp³-hybridized carbons (Fsp3) is 0.565. The number of amides is 1. The molecule has 8 heteroatoms. The molecule has 2 aliphatic carbocycles. The molecule has 4 atom stereocenters. The van der Waals surface area contributed by atoms with Gasteiger partial charge in [0.2, 0.25) is 15.9 Å². The predicted molar refractivity (Wildman–Crippen MR) is 116 cm³/mol. The molecule has 1 aromatic carbocycles. The summed E-state index contributed by atoms with van der Waals surface area (Å²) < 4.78 is 27.5. The van der Waals surface area contributed by atoms with Crippen LogP contribution in [-0.4, -0.2) is 60.8 Å². The number of fused-ring (bicyclic) bond motifs is 2. The van der Waals surface area contributed by atoms with Gasteiger partial charge in [0.1, 0.15) is 0 Å². The number of sulfonamides is 1. The molecule has 1 aromatic rings. The first-order valence-electron chi connectivity index (χ1n) is 11.1. The van der Waals surface area contributed by atoms with Gasteiger partial charge >= 0.3 is 5.97 Å². The van der Waals surface area contributed by atoms with E-state index in [0.29, 0.717) is 0 Å². The largest absolute Gasteiger partial charge is 0.481 e. The quantitative estimate of drug-likeness (QED) is 0.649. The third-order valence-corrected chi connectivity index (χ3v) is 8.87. The Hall–Kier alpha value is -2.19. The maximum absolute atomic E-state index is 13.1. The fourth-order valence-electron chi connectivity index (χ4n) is 5.21. The monoisotopic (exact) mass is 446 g/mol. The van der Waals surface area contributed by atoms with E-state index in [1.807, 2.05) is 24.3 Å². The van der Waals surface area contributed by atoms with Gasteiger partial charge in [0.05, 0.1) is 16.7 Å². The zero-order valence-electron chi connectivity index (χ0n) is 17.8. The highest BCUT2D eigenvalue weighted by molar-refractivity contribution is 7.89. The molecule has 1 amide bonds. The number of benzene rings is 1. The van der Waals surface area contributed by atoms with Crippen LogP contribution < -0.4 is 0 Å². The first-order chi connectivity index (χ1) is 14.8. The maximum Gasteiger partial charge on any atom is 0.307 e. The Morgan fingerprint density at radius 3 is 2.19 bits per heavy atom. The van der Waals surface area contributed by atoms with Crippen LogP contribution in [0.1, 0.15) is 31.7 Å². The molecule has 1 N–H and O–H groups in total. The van der Waals surface area contributed by atoms with Gasteiger partial charge in [0.15, 0.2) is 0 Å². The van der Waals surface area contributed by atoms with Crippen molar-refractivity contribution in [3.05, 3.63) is 42.0 Å². The van der Waals surface area contributed by atoms with Gasteiger partial charge in [-0.25, -0.2) is 8.42 Å². The molecule has 3 aliphatic rings. The van der Waals surface area contributed by atoms with Crippen LogP contribution in [0.4, 0.5) is 0 Å². The highest BCUT2D eigenvalue weighted by atomic mass is 32.2. The molecule has 168 valence electrons. The molecule has 4 rings (SSSR count). The van der Waals surface area contributed by atoms with Gasteiger partial charge in [0.25, 0.3) is 0 Å². The summed E-state index contributed by atoms with van der Waals surface area (Å²) in [5, 5.41) is 9.60. The topological polar surface area (TPSA) is 95.0 Å². The van der Waals surface area contributed by atoms with Crippen LogP contribution >= 0.6 is 0 Å². The Morgan fingerprint density at radius 2 is 1.61 bits per heavy atom. The Kier molecular flexibility index (Phi) is 6.21. The summed E-state index contributed by atoms with van der Waals surface area (Å²) in [6, 6.07) is 7.07. The number of carboxylic acids is 1. The molecule has 31 heavy (non-hydrogen) atoms. The van der Waals surface area contributed by atoms with E-state index in [1.165, 1.54) is 4.31 Å². The number of unbranched alkanes of at least 4 members (excludes halogenated alkanes) is 1. The molecule has 1 heterocycles. The van der Waals surface area contributed by atoms with Crippen LogP contribution in [0.15, 0.2) is 41.3 Å². The number of hydrogen-bond donors (Lipinski definition) is 1. The standard InChI is InChI=1S/C23H30N2O5S/c1-2-3-4-16-5-9-19(10-6-16)31(29,30)25-13-11-24(12-14-25)22(26)20-17-7-8-18(15-17)21(20)23(27)28/h5-10,17-18,20-21H,2-4,11-15H2,1H3,(H,27,28)/t17-,18-,20-,21+/m0/s1. The van der Waals surface area contributed by atoms with Crippen molar-refractivity contribution in [1.29, 1.82) is 0 Å². The number of aryl methyl sites for hydroxylation is 1. The van der Waals surface area contributed by atoms with Crippen molar-refractivity contribution in [2.45, 2.75) is 37.5 Å². The van der Waals surface area contributed by atoms with Crippen LogP contribution in [0.5, 0.6) is 0 Å². The summed E-state index contributed by atoms with van der Waals surface area (Å²) >= 11 is 0. The van der Waals surface area contributed by atoms with Gasteiger partial charge < -0.3 is 10.0 Å². The summed E-state index contributed by atoms with van der Waals surface area (Å²) in [7, 11) is -3.61. The predicted octanol–water partition coefficient (Wildman–Crippen LogP) is 2.38. The van der Waals surface area contributed by atoms with Gasteiger partial charge in [-0.05, 0) is 48.8 Å². The molecular weight excluding hydrogens is 416 g/mol. The van der Waals surface area contributed by atoms with E-state index in [1.54, 1.807) is 17.0 Å². The van der Waals surface area contributed by atoms with Crippen LogP contribution in [0.25, 0.3) is 0 Å². The number of carbonyl (C=O) groups excluding carboxylic acids is 1. The number of allylic oxidation sites excluding steroid dienone is 2. The van der Waals surface area contributed by atoms with Crippen molar-refractivity contribution >= 4 is 21.9 Å². The van der Waals surface area contributed by atoms with Gasteiger partial charge in [-0.3, -0.25) is 9.59 Å². The summed E-state index contributed by atoms with van der Waals surface area (Å²) in [5.74, 6) is -2.37. The number of carboxylic acid groups (broad SMARTS) is 1. The van der Waals surface area contributed by atoms with Gasteiger partial charge in [-0.15, -0.1) is 0 Å². The van der Waals surface area contributed by atoms with Crippen LogP contribution in [0.2, 0.25) is 0 Å². The van der Waals surface area contributed by atoms with Crippen LogP contribution in [-0.2, 0) is 26.0 Å². The zero-order chi connectivity index (χ0) is 22.2. The first kappa shape index (κ1) is 22.0. The van der Waals surface area contributed by atoms with Crippen molar-refractivity contribution in [3.63, 3.8) is 0 Å². The number of rotatable bonds is 7. The fourth-order valence-corrected chi connectivity index (χ4v) is 6.64. The smallest absolute Gasteiger partial charge is 0.307 e. The van der Waals surface area contributed by atoms with Crippen LogP contribution in [0, 0.1) is 23.7 Å². The third-order valence-electron chi connectivity index (χ3n) is 6.96. The minimum atomic E-state index is -3.61. The van der Waals surface area contributed by atoms with Gasteiger partial charge in [-0.2, -0.15) is 4.31 Å². The van der Waals surface area contributed by atoms with Gasteiger partial charge in [0, 0.05) is 26.2 Å². The minimum absolute atomic E-state index is 0.0217. The maximum atomic E-state index is 13.1.